The summed E-state index contributed by atoms with van der Waals surface area (Å²) in [7, 11) is 0. The van der Waals surface area contributed by atoms with E-state index in [1.807, 2.05) is 56.4 Å². The first kappa shape index (κ1) is 13.1. The quantitative estimate of drug-likeness (QED) is 0.719. The zero-order valence-electron chi connectivity index (χ0n) is 11.9. The molecular weight excluding hydrogens is 260 g/mol. The molecule has 3 rings (SSSR count). The maximum Gasteiger partial charge on any atom is 0.171 e. The van der Waals surface area contributed by atoms with Crippen molar-refractivity contribution in [1.29, 1.82) is 5.26 Å². The fourth-order valence-electron chi connectivity index (χ4n) is 2.34. The molecule has 4 heteroatoms. The minimum Gasteiger partial charge on any atom is -0.233 e. The van der Waals surface area contributed by atoms with E-state index in [0.717, 1.165) is 22.4 Å². The monoisotopic (exact) mass is 274 g/mol. The third-order valence-electron chi connectivity index (χ3n) is 3.34. The van der Waals surface area contributed by atoms with Crippen LogP contribution in [0.5, 0.6) is 0 Å². The predicted molar refractivity (Wildman–Crippen MR) is 81.0 cm³/mol. The second-order valence-electron chi connectivity index (χ2n) is 4.93. The first-order valence-electron chi connectivity index (χ1n) is 6.68. The first-order valence-corrected chi connectivity index (χ1v) is 6.68. The number of nitrogens with zero attached hydrogens (tertiary/aromatic N) is 4. The molecule has 2 aromatic heterocycles. The molecule has 0 unspecified atom stereocenters. The van der Waals surface area contributed by atoms with Crippen molar-refractivity contribution in [3.63, 3.8) is 0 Å². The molecule has 0 N–H and O–H groups in total. The molecule has 0 atom stereocenters. The standard InChI is InChI=1S/C17H14N4/c1-12-8-13(2)20-17(16(12)9-18)21-11-15(10-19-21)14-6-4-3-5-7-14/h3-8,10-11H,1-2H3. The predicted octanol–water partition coefficient (Wildman–Crippen LogP) is 3.42. The molecule has 0 amide bonds. The fourth-order valence-corrected chi connectivity index (χ4v) is 2.34. The van der Waals surface area contributed by atoms with Gasteiger partial charge in [-0.05, 0) is 31.0 Å². The SMILES string of the molecule is Cc1cc(C)c(C#N)c(-n2cc(-c3ccccc3)cn2)n1. The van der Waals surface area contributed by atoms with E-state index >= 15 is 0 Å². The Morgan fingerprint density at radius 3 is 2.57 bits per heavy atom. The zero-order valence-corrected chi connectivity index (χ0v) is 11.9. The lowest BCUT2D eigenvalue weighted by Gasteiger charge is -2.07. The Morgan fingerprint density at radius 1 is 1.10 bits per heavy atom. The highest BCUT2D eigenvalue weighted by Gasteiger charge is 2.12. The van der Waals surface area contributed by atoms with Crippen LogP contribution in [0.1, 0.15) is 16.8 Å². The number of hydrogen-bond donors (Lipinski definition) is 0. The summed E-state index contributed by atoms with van der Waals surface area (Å²) in [5.74, 6) is 0.581. The number of hydrogen-bond acceptors (Lipinski definition) is 3. The highest BCUT2D eigenvalue weighted by Crippen LogP contribution is 2.21. The number of rotatable bonds is 2. The number of benzene rings is 1. The largest absolute Gasteiger partial charge is 0.233 e. The molecule has 21 heavy (non-hydrogen) atoms. The van der Waals surface area contributed by atoms with E-state index < -0.39 is 0 Å². The Bertz CT molecular complexity index is 826. The molecule has 2 heterocycles. The molecule has 0 aliphatic heterocycles. The molecular formula is C17H14N4. The average molecular weight is 274 g/mol. The van der Waals surface area contributed by atoms with Crippen LogP contribution in [0.25, 0.3) is 16.9 Å². The van der Waals surface area contributed by atoms with Gasteiger partial charge in [-0.1, -0.05) is 30.3 Å². The van der Waals surface area contributed by atoms with Gasteiger partial charge in [-0.2, -0.15) is 10.4 Å². The number of pyridine rings is 1. The van der Waals surface area contributed by atoms with E-state index in [1.54, 1.807) is 10.9 Å². The van der Waals surface area contributed by atoms with Gasteiger partial charge in [0.25, 0.3) is 0 Å². The molecule has 1 aromatic carbocycles. The Morgan fingerprint density at radius 2 is 1.86 bits per heavy atom. The van der Waals surface area contributed by atoms with Gasteiger partial charge >= 0.3 is 0 Å². The van der Waals surface area contributed by atoms with Gasteiger partial charge in [-0.3, -0.25) is 0 Å². The molecule has 0 saturated carbocycles. The second-order valence-corrected chi connectivity index (χ2v) is 4.93. The topological polar surface area (TPSA) is 54.5 Å². The molecule has 102 valence electrons. The molecule has 0 spiro atoms. The summed E-state index contributed by atoms with van der Waals surface area (Å²) in [5.41, 5.74) is 4.44. The average Bonchev–Trinajstić information content (AvgIpc) is 2.97. The van der Waals surface area contributed by atoms with Crippen molar-refractivity contribution < 1.29 is 0 Å². The van der Waals surface area contributed by atoms with Crippen molar-refractivity contribution in [3.05, 3.63) is 65.6 Å². The Balaban J connectivity index is 2.11. The van der Waals surface area contributed by atoms with E-state index in [2.05, 4.69) is 16.2 Å². The molecule has 0 radical (unpaired) electrons. The third-order valence-corrected chi connectivity index (χ3v) is 3.34. The van der Waals surface area contributed by atoms with Gasteiger partial charge in [-0.15, -0.1) is 0 Å². The lowest BCUT2D eigenvalue weighted by Crippen LogP contribution is -2.04. The van der Waals surface area contributed by atoms with Gasteiger partial charge in [0.15, 0.2) is 5.82 Å². The van der Waals surface area contributed by atoms with Crippen molar-refractivity contribution in [3.8, 4) is 23.0 Å². The van der Waals surface area contributed by atoms with E-state index in [-0.39, 0.29) is 0 Å². The highest BCUT2D eigenvalue weighted by atomic mass is 15.3. The van der Waals surface area contributed by atoms with Crippen LogP contribution in [0.3, 0.4) is 0 Å². The van der Waals surface area contributed by atoms with Crippen LogP contribution in [0.2, 0.25) is 0 Å². The van der Waals surface area contributed by atoms with Crippen LogP contribution in [0.4, 0.5) is 0 Å². The van der Waals surface area contributed by atoms with E-state index in [9.17, 15) is 5.26 Å². The van der Waals surface area contributed by atoms with Gasteiger partial charge in [0.2, 0.25) is 0 Å². The molecule has 0 fully saturated rings. The molecule has 0 saturated heterocycles. The van der Waals surface area contributed by atoms with E-state index in [4.69, 9.17) is 0 Å². The Hall–Kier alpha value is -2.93. The van der Waals surface area contributed by atoms with E-state index in [0.29, 0.717) is 11.4 Å². The zero-order chi connectivity index (χ0) is 14.8. The number of nitriles is 1. The van der Waals surface area contributed by atoms with Crippen molar-refractivity contribution >= 4 is 0 Å². The summed E-state index contributed by atoms with van der Waals surface area (Å²) in [6.45, 7) is 3.83. The number of aryl methyl sites for hydroxylation is 2. The van der Waals surface area contributed by atoms with Gasteiger partial charge in [-0.25, -0.2) is 9.67 Å². The molecule has 4 nitrogen and oxygen atoms in total. The minimum atomic E-state index is 0.559. The third kappa shape index (κ3) is 2.41. The molecule has 0 aliphatic carbocycles. The van der Waals surface area contributed by atoms with Crippen molar-refractivity contribution in [2.75, 3.05) is 0 Å². The van der Waals surface area contributed by atoms with Crippen LogP contribution >= 0.6 is 0 Å². The van der Waals surface area contributed by atoms with Gasteiger partial charge < -0.3 is 0 Å². The normalized spacial score (nSPS) is 10.3. The summed E-state index contributed by atoms with van der Waals surface area (Å²) in [6.07, 6.45) is 3.69. The van der Waals surface area contributed by atoms with Crippen LogP contribution in [-0.4, -0.2) is 14.8 Å². The summed E-state index contributed by atoms with van der Waals surface area (Å²) in [6, 6.07) is 14.1. The van der Waals surface area contributed by atoms with Crippen molar-refractivity contribution in [2.24, 2.45) is 0 Å². The maximum atomic E-state index is 9.34. The van der Waals surface area contributed by atoms with E-state index in [1.165, 1.54) is 0 Å². The van der Waals surface area contributed by atoms with Crippen molar-refractivity contribution in [1.82, 2.24) is 14.8 Å². The number of aromatic nitrogens is 3. The van der Waals surface area contributed by atoms with Gasteiger partial charge in [0.1, 0.15) is 6.07 Å². The smallest absolute Gasteiger partial charge is 0.171 e. The maximum absolute atomic E-state index is 9.34. The minimum absolute atomic E-state index is 0.559. The lowest BCUT2D eigenvalue weighted by atomic mass is 10.1. The first-order chi connectivity index (χ1) is 10.2. The van der Waals surface area contributed by atoms with Crippen LogP contribution < -0.4 is 0 Å². The van der Waals surface area contributed by atoms with Crippen LogP contribution in [0.15, 0.2) is 48.8 Å². The second kappa shape index (κ2) is 5.22. The van der Waals surface area contributed by atoms with Crippen LogP contribution in [0, 0.1) is 25.2 Å². The lowest BCUT2D eigenvalue weighted by molar-refractivity contribution is 0.834. The highest BCUT2D eigenvalue weighted by molar-refractivity contribution is 5.62. The van der Waals surface area contributed by atoms with Crippen LogP contribution in [-0.2, 0) is 0 Å². The van der Waals surface area contributed by atoms with Crippen molar-refractivity contribution in [2.45, 2.75) is 13.8 Å². The molecule has 0 aliphatic rings. The summed E-state index contributed by atoms with van der Waals surface area (Å²) < 4.78 is 1.67. The Kier molecular flexibility index (Phi) is 3.25. The van der Waals surface area contributed by atoms with Gasteiger partial charge in [0.05, 0.1) is 11.8 Å². The molecule has 3 aromatic rings. The molecule has 0 bridgehead atoms. The summed E-state index contributed by atoms with van der Waals surface area (Å²) in [4.78, 5) is 4.46. The van der Waals surface area contributed by atoms with Gasteiger partial charge in [0, 0.05) is 17.5 Å². The summed E-state index contributed by atoms with van der Waals surface area (Å²) >= 11 is 0. The fraction of sp³-hybridized carbons (Fsp3) is 0.118. The summed E-state index contributed by atoms with van der Waals surface area (Å²) in [5, 5.41) is 13.7. The Labute approximate surface area is 123 Å².